The molecule has 0 saturated heterocycles. The highest BCUT2D eigenvalue weighted by atomic mass is 35.5. The maximum absolute atomic E-state index is 12.7. The van der Waals surface area contributed by atoms with Gasteiger partial charge in [0.05, 0.1) is 28.2 Å². The molecule has 30 heavy (non-hydrogen) atoms. The molecule has 1 fully saturated rings. The number of carbonyl (C=O) groups excluding carboxylic acids is 2. The van der Waals surface area contributed by atoms with Gasteiger partial charge in [0.2, 0.25) is 10.0 Å². The molecule has 0 heterocycles. The van der Waals surface area contributed by atoms with Gasteiger partial charge in [-0.2, -0.15) is 0 Å². The Labute approximate surface area is 181 Å². The van der Waals surface area contributed by atoms with E-state index in [1.807, 2.05) is 0 Å². The van der Waals surface area contributed by atoms with E-state index in [4.69, 9.17) is 11.6 Å². The lowest BCUT2D eigenvalue weighted by Gasteiger charge is -2.23. The molecule has 9 heteroatoms. The summed E-state index contributed by atoms with van der Waals surface area (Å²) in [4.78, 5) is 25.4. The Morgan fingerprint density at radius 2 is 1.67 bits per heavy atom. The van der Waals surface area contributed by atoms with E-state index in [1.54, 1.807) is 24.3 Å². The Balaban J connectivity index is 1.74. The normalized spacial score (nSPS) is 14.7. The standard InChI is InChI=1S/C21H24ClN3O4S/c1-30(28,29)25-19-12-11-14(13-17(19)22)20(26)24-18-10-6-5-9-16(18)21(27)23-15-7-3-2-4-8-15/h5-6,9-13,15,25H,2-4,7-8H2,1H3,(H,23,27)(H,24,26). The van der Waals surface area contributed by atoms with Gasteiger partial charge in [0.15, 0.2) is 0 Å². The van der Waals surface area contributed by atoms with E-state index in [2.05, 4.69) is 15.4 Å². The Morgan fingerprint density at radius 1 is 0.967 bits per heavy atom. The average Bonchev–Trinajstić information content (AvgIpc) is 2.69. The Bertz CT molecular complexity index is 1050. The summed E-state index contributed by atoms with van der Waals surface area (Å²) in [6, 6.07) is 11.2. The molecular weight excluding hydrogens is 426 g/mol. The van der Waals surface area contributed by atoms with Crippen molar-refractivity contribution in [3.8, 4) is 0 Å². The minimum Gasteiger partial charge on any atom is -0.349 e. The van der Waals surface area contributed by atoms with Gasteiger partial charge in [0, 0.05) is 11.6 Å². The zero-order chi connectivity index (χ0) is 21.7. The molecule has 0 spiro atoms. The van der Waals surface area contributed by atoms with Crippen LogP contribution in [0, 0.1) is 0 Å². The van der Waals surface area contributed by atoms with Gasteiger partial charge in [-0.1, -0.05) is 43.0 Å². The molecule has 0 unspecified atom stereocenters. The molecule has 0 aliphatic heterocycles. The van der Waals surface area contributed by atoms with Crippen LogP contribution in [0.5, 0.6) is 0 Å². The van der Waals surface area contributed by atoms with E-state index in [0.29, 0.717) is 11.3 Å². The summed E-state index contributed by atoms with van der Waals surface area (Å²) in [7, 11) is -3.49. The first-order chi connectivity index (χ1) is 14.2. The SMILES string of the molecule is CS(=O)(=O)Nc1ccc(C(=O)Nc2ccccc2C(=O)NC2CCCCC2)cc1Cl. The fourth-order valence-corrected chi connectivity index (χ4v) is 4.29. The second-order valence-corrected chi connectivity index (χ2v) is 9.53. The van der Waals surface area contributed by atoms with Crippen LogP contribution in [0.4, 0.5) is 11.4 Å². The number of rotatable bonds is 6. The maximum Gasteiger partial charge on any atom is 0.255 e. The third kappa shape index (κ3) is 5.96. The molecule has 2 aromatic rings. The second kappa shape index (κ2) is 9.49. The lowest BCUT2D eigenvalue weighted by atomic mass is 9.95. The van der Waals surface area contributed by atoms with E-state index < -0.39 is 15.9 Å². The van der Waals surface area contributed by atoms with E-state index >= 15 is 0 Å². The van der Waals surface area contributed by atoms with Gasteiger partial charge >= 0.3 is 0 Å². The number of halogens is 1. The minimum absolute atomic E-state index is 0.0939. The summed E-state index contributed by atoms with van der Waals surface area (Å²) in [5, 5.41) is 5.89. The van der Waals surface area contributed by atoms with Gasteiger partial charge in [-0.05, 0) is 43.2 Å². The number of sulfonamides is 1. The predicted molar refractivity (Wildman–Crippen MR) is 119 cm³/mol. The van der Waals surface area contributed by atoms with Crippen LogP contribution < -0.4 is 15.4 Å². The maximum atomic E-state index is 12.7. The largest absolute Gasteiger partial charge is 0.349 e. The number of amides is 2. The predicted octanol–water partition coefficient (Wildman–Crippen LogP) is 4.03. The number of anilines is 2. The lowest BCUT2D eigenvalue weighted by Crippen LogP contribution is -2.36. The van der Waals surface area contributed by atoms with Crippen molar-refractivity contribution in [1.82, 2.24) is 5.32 Å². The van der Waals surface area contributed by atoms with Crippen LogP contribution in [0.1, 0.15) is 52.8 Å². The summed E-state index contributed by atoms with van der Waals surface area (Å²) in [6.45, 7) is 0. The van der Waals surface area contributed by atoms with E-state index in [9.17, 15) is 18.0 Å². The molecule has 1 saturated carbocycles. The molecule has 1 aliphatic carbocycles. The van der Waals surface area contributed by atoms with Crippen LogP contribution in [-0.2, 0) is 10.0 Å². The van der Waals surface area contributed by atoms with Crippen LogP contribution in [-0.4, -0.2) is 32.5 Å². The van der Waals surface area contributed by atoms with Crippen molar-refractivity contribution in [1.29, 1.82) is 0 Å². The van der Waals surface area contributed by atoms with Crippen molar-refractivity contribution in [2.24, 2.45) is 0 Å². The van der Waals surface area contributed by atoms with Crippen LogP contribution in [0.25, 0.3) is 0 Å². The van der Waals surface area contributed by atoms with E-state index in [0.717, 1.165) is 31.9 Å². The summed E-state index contributed by atoms with van der Waals surface area (Å²) >= 11 is 6.10. The van der Waals surface area contributed by atoms with Crippen molar-refractivity contribution in [2.45, 2.75) is 38.1 Å². The lowest BCUT2D eigenvalue weighted by molar-refractivity contribution is 0.0928. The van der Waals surface area contributed by atoms with Crippen LogP contribution >= 0.6 is 11.6 Å². The summed E-state index contributed by atoms with van der Waals surface area (Å²) in [5.74, 6) is -0.677. The number of benzene rings is 2. The van der Waals surface area contributed by atoms with Crippen molar-refractivity contribution < 1.29 is 18.0 Å². The first-order valence-corrected chi connectivity index (χ1v) is 12.0. The third-order valence-electron chi connectivity index (χ3n) is 4.89. The third-order valence-corrected chi connectivity index (χ3v) is 5.79. The van der Waals surface area contributed by atoms with Gasteiger partial charge in [0.25, 0.3) is 11.8 Å². The number of carbonyl (C=O) groups is 2. The molecule has 0 atom stereocenters. The molecule has 2 amide bonds. The fourth-order valence-electron chi connectivity index (χ4n) is 3.43. The number of para-hydroxylation sites is 1. The smallest absolute Gasteiger partial charge is 0.255 e. The molecular formula is C21H24ClN3O4S. The fraction of sp³-hybridized carbons (Fsp3) is 0.333. The molecule has 7 nitrogen and oxygen atoms in total. The molecule has 1 aliphatic rings. The first kappa shape index (κ1) is 22.1. The molecule has 3 N–H and O–H groups in total. The summed E-state index contributed by atoms with van der Waals surface area (Å²) < 4.78 is 25.0. The van der Waals surface area contributed by atoms with Crippen molar-refractivity contribution in [3.05, 3.63) is 58.6 Å². The molecule has 2 aromatic carbocycles. The summed E-state index contributed by atoms with van der Waals surface area (Å²) in [6.07, 6.45) is 6.35. The van der Waals surface area contributed by atoms with Crippen LogP contribution in [0.2, 0.25) is 5.02 Å². The van der Waals surface area contributed by atoms with E-state index in [-0.39, 0.29) is 28.2 Å². The molecule has 3 rings (SSSR count). The number of nitrogens with one attached hydrogen (secondary N) is 3. The van der Waals surface area contributed by atoms with Gasteiger partial charge in [0.1, 0.15) is 0 Å². The second-order valence-electron chi connectivity index (χ2n) is 7.38. The summed E-state index contributed by atoms with van der Waals surface area (Å²) in [5.41, 5.74) is 1.20. The highest BCUT2D eigenvalue weighted by Crippen LogP contribution is 2.25. The quantitative estimate of drug-likeness (QED) is 0.619. The van der Waals surface area contributed by atoms with Crippen molar-refractivity contribution in [3.63, 3.8) is 0 Å². The highest BCUT2D eigenvalue weighted by molar-refractivity contribution is 7.92. The van der Waals surface area contributed by atoms with Gasteiger partial charge in [-0.3, -0.25) is 14.3 Å². The van der Waals surface area contributed by atoms with Gasteiger partial charge in [-0.15, -0.1) is 0 Å². The zero-order valence-corrected chi connectivity index (χ0v) is 18.1. The Morgan fingerprint density at radius 3 is 2.33 bits per heavy atom. The van der Waals surface area contributed by atoms with Crippen molar-refractivity contribution >= 4 is 44.8 Å². The van der Waals surface area contributed by atoms with E-state index in [1.165, 1.54) is 24.6 Å². The molecule has 160 valence electrons. The number of hydrogen-bond donors (Lipinski definition) is 3. The molecule has 0 bridgehead atoms. The van der Waals surface area contributed by atoms with Crippen molar-refractivity contribution in [2.75, 3.05) is 16.3 Å². The molecule has 0 radical (unpaired) electrons. The topological polar surface area (TPSA) is 104 Å². The molecule has 0 aromatic heterocycles. The first-order valence-electron chi connectivity index (χ1n) is 9.71. The van der Waals surface area contributed by atoms with Crippen LogP contribution in [0.15, 0.2) is 42.5 Å². The van der Waals surface area contributed by atoms with Crippen LogP contribution in [0.3, 0.4) is 0 Å². The monoisotopic (exact) mass is 449 g/mol. The Hall–Kier alpha value is -2.58. The van der Waals surface area contributed by atoms with Gasteiger partial charge in [-0.25, -0.2) is 8.42 Å². The number of hydrogen-bond acceptors (Lipinski definition) is 4. The Kier molecular flexibility index (Phi) is 6.99. The zero-order valence-electron chi connectivity index (χ0n) is 16.6. The average molecular weight is 450 g/mol. The highest BCUT2D eigenvalue weighted by Gasteiger charge is 2.20. The minimum atomic E-state index is -3.49. The van der Waals surface area contributed by atoms with Gasteiger partial charge < -0.3 is 10.6 Å².